The molecule has 0 radical (unpaired) electrons. The first-order chi connectivity index (χ1) is 11.1. The van der Waals surface area contributed by atoms with Crippen LogP contribution in [0.15, 0.2) is 42.7 Å². The fraction of sp³-hybridized carbons (Fsp3) is 0.312. The van der Waals surface area contributed by atoms with E-state index < -0.39 is 0 Å². The third-order valence-electron chi connectivity index (χ3n) is 3.92. The van der Waals surface area contributed by atoms with E-state index in [4.69, 9.17) is 5.73 Å². The summed E-state index contributed by atoms with van der Waals surface area (Å²) in [6.45, 7) is 2.79. The Balaban J connectivity index is 1.61. The van der Waals surface area contributed by atoms with Crippen molar-refractivity contribution >= 4 is 11.8 Å². The number of amides is 2. The highest BCUT2D eigenvalue weighted by Gasteiger charge is 2.22. The molecular formula is C16H19N5O2. The monoisotopic (exact) mass is 313 g/mol. The van der Waals surface area contributed by atoms with Crippen molar-refractivity contribution in [1.29, 1.82) is 0 Å². The normalized spacial score (nSPS) is 15.6. The van der Waals surface area contributed by atoms with Gasteiger partial charge in [-0.3, -0.25) is 14.5 Å². The standard InChI is InChI=1S/C16H19N5O2/c17-15(22)12-19-8-10-20(11-9-19)16(23)13-2-4-14(5-3-13)21-7-1-6-18-21/h1-7H,8-12H2,(H2,17,22). The molecule has 2 heterocycles. The van der Waals surface area contributed by atoms with Gasteiger partial charge in [-0.05, 0) is 30.3 Å². The SMILES string of the molecule is NC(=O)CN1CCN(C(=O)c2ccc(-n3cccn3)cc2)CC1. The average molecular weight is 313 g/mol. The molecule has 120 valence electrons. The topological polar surface area (TPSA) is 84.5 Å². The molecule has 23 heavy (non-hydrogen) atoms. The van der Waals surface area contributed by atoms with Gasteiger partial charge in [0.2, 0.25) is 5.91 Å². The second-order valence-electron chi connectivity index (χ2n) is 5.53. The number of hydrogen-bond donors (Lipinski definition) is 1. The van der Waals surface area contributed by atoms with Crippen molar-refractivity contribution in [3.05, 3.63) is 48.3 Å². The fourth-order valence-corrected chi connectivity index (χ4v) is 2.69. The first-order valence-electron chi connectivity index (χ1n) is 7.53. The van der Waals surface area contributed by atoms with Gasteiger partial charge in [-0.25, -0.2) is 4.68 Å². The predicted molar refractivity (Wildman–Crippen MR) is 85.1 cm³/mol. The molecule has 0 spiro atoms. The molecule has 1 saturated heterocycles. The van der Waals surface area contributed by atoms with Gasteiger partial charge in [-0.1, -0.05) is 0 Å². The largest absolute Gasteiger partial charge is 0.369 e. The lowest BCUT2D eigenvalue weighted by Crippen LogP contribution is -2.50. The van der Waals surface area contributed by atoms with Crippen LogP contribution in [0.4, 0.5) is 0 Å². The molecule has 1 aliphatic heterocycles. The van der Waals surface area contributed by atoms with Gasteiger partial charge in [-0.15, -0.1) is 0 Å². The minimum absolute atomic E-state index is 0.00994. The zero-order chi connectivity index (χ0) is 16.2. The number of primary amides is 1. The van der Waals surface area contributed by atoms with Crippen molar-refractivity contribution in [2.75, 3.05) is 32.7 Å². The highest BCUT2D eigenvalue weighted by atomic mass is 16.2. The Morgan fingerprint density at radius 3 is 2.35 bits per heavy atom. The maximum absolute atomic E-state index is 12.5. The quantitative estimate of drug-likeness (QED) is 0.868. The summed E-state index contributed by atoms with van der Waals surface area (Å²) in [6.07, 6.45) is 3.57. The van der Waals surface area contributed by atoms with E-state index in [1.807, 2.05) is 41.4 Å². The van der Waals surface area contributed by atoms with Gasteiger partial charge >= 0.3 is 0 Å². The van der Waals surface area contributed by atoms with Crippen LogP contribution in [0.25, 0.3) is 5.69 Å². The minimum atomic E-state index is -0.334. The van der Waals surface area contributed by atoms with E-state index >= 15 is 0 Å². The van der Waals surface area contributed by atoms with Gasteiger partial charge in [0.05, 0.1) is 12.2 Å². The fourth-order valence-electron chi connectivity index (χ4n) is 2.69. The number of benzene rings is 1. The van der Waals surface area contributed by atoms with E-state index in [-0.39, 0.29) is 18.4 Å². The molecule has 0 unspecified atom stereocenters. The number of hydrogen-bond acceptors (Lipinski definition) is 4. The number of carbonyl (C=O) groups is 2. The van der Waals surface area contributed by atoms with Crippen molar-refractivity contribution < 1.29 is 9.59 Å². The first kappa shape index (κ1) is 15.2. The maximum Gasteiger partial charge on any atom is 0.253 e. The van der Waals surface area contributed by atoms with Crippen LogP contribution in [0.2, 0.25) is 0 Å². The molecule has 0 saturated carbocycles. The van der Waals surface area contributed by atoms with Crippen LogP contribution in [0.5, 0.6) is 0 Å². The lowest BCUT2D eigenvalue weighted by Gasteiger charge is -2.34. The Hall–Kier alpha value is -2.67. The van der Waals surface area contributed by atoms with Crippen LogP contribution in [0.1, 0.15) is 10.4 Å². The zero-order valence-corrected chi connectivity index (χ0v) is 12.8. The Labute approximate surface area is 134 Å². The third kappa shape index (κ3) is 3.57. The summed E-state index contributed by atoms with van der Waals surface area (Å²) in [6, 6.07) is 9.24. The molecule has 7 nitrogen and oxygen atoms in total. The summed E-state index contributed by atoms with van der Waals surface area (Å²) in [5.41, 5.74) is 6.77. The molecule has 2 amide bonds. The average Bonchev–Trinajstić information content (AvgIpc) is 3.09. The second kappa shape index (κ2) is 6.62. The molecular weight excluding hydrogens is 294 g/mol. The Morgan fingerprint density at radius 1 is 1.09 bits per heavy atom. The predicted octanol–water partition coefficient (Wildman–Crippen LogP) is 0.115. The van der Waals surface area contributed by atoms with Gasteiger partial charge < -0.3 is 10.6 Å². The van der Waals surface area contributed by atoms with Crippen molar-refractivity contribution in [2.45, 2.75) is 0 Å². The van der Waals surface area contributed by atoms with E-state index in [1.54, 1.807) is 15.8 Å². The molecule has 0 atom stereocenters. The van der Waals surface area contributed by atoms with Gasteiger partial charge in [0.1, 0.15) is 0 Å². The van der Waals surface area contributed by atoms with Gasteiger partial charge in [0.15, 0.2) is 0 Å². The van der Waals surface area contributed by atoms with Crippen LogP contribution < -0.4 is 5.73 Å². The Kier molecular flexibility index (Phi) is 4.38. The molecule has 0 aliphatic carbocycles. The summed E-state index contributed by atoms with van der Waals surface area (Å²) in [5.74, 6) is -0.324. The highest BCUT2D eigenvalue weighted by molar-refractivity contribution is 5.94. The summed E-state index contributed by atoms with van der Waals surface area (Å²) in [5, 5.41) is 4.16. The molecule has 1 aromatic heterocycles. The van der Waals surface area contributed by atoms with Crippen molar-refractivity contribution in [3.63, 3.8) is 0 Å². The zero-order valence-electron chi connectivity index (χ0n) is 12.8. The molecule has 7 heteroatoms. The molecule has 3 rings (SSSR count). The maximum atomic E-state index is 12.5. The summed E-state index contributed by atoms with van der Waals surface area (Å²) in [4.78, 5) is 27.2. The van der Waals surface area contributed by atoms with E-state index in [9.17, 15) is 9.59 Å². The molecule has 2 aromatic rings. The van der Waals surface area contributed by atoms with Crippen molar-refractivity contribution in [3.8, 4) is 5.69 Å². The second-order valence-corrected chi connectivity index (χ2v) is 5.53. The van der Waals surface area contributed by atoms with Crippen LogP contribution in [-0.2, 0) is 4.79 Å². The van der Waals surface area contributed by atoms with Gasteiger partial charge in [-0.2, -0.15) is 5.10 Å². The summed E-state index contributed by atoms with van der Waals surface area (Å²) < 4.78 is 1.75. The lowest BCUT2D eigenvalue weighted by molar-refractivity contribution is -0.119. The number of nitrogens with zero attached hydrogens (tertiary/aromatic N) is 4. The van der Waals surface area contributed by atoms with E-state index in [2.05, 4.69) is 5.10 Å². The first-order valence-corrected chi connectivity index (χ1v) is 7.53. The number of aromatic nitrogens is 2. The van der Waals surface area contributed by atoms with E-state index in [0.29, 0.717) is 31.7 Å². The van der Waals surface area contributed by atoms with E-state index in [1.165, 1.54) is 0 Å². The van der Waals surface area contributed by atoms with Crippen LogP contribution in [0, 0.1) is 0 Å². The number of piperazine rings is 1. The highest BCUT2D eigenvalue weighted by Crippen LogP contribution is 2.12. The third-order valence-corrected chi connectivity index (χ3v) is 3.92. The summed E-state index contributed by atoms with van der Waals surface area (Å²) >= 11 is 0. The van der Waals surface area contributed by atoms with Crippen molar-refractivity contribution in [1.82, 2.24) is 19.6 Å². The van der Waals surface area contributed by atoms with Crippen LogP contribution in [-0.4, -0.2) is 64.1 Å². The van der Waals surface area contributed by atoms with Gasteiger partial charge in [0, 0.05) is 44.1 Å². The Bertz CT molecular complexity index is 673. The van der Waals surface area contributed by atoms with Crippen molar-refractivity contribution in [2.24, 2.45) is 5.73 Å². The summed E-state index contributed by atoms with van der Waals surface area (Å²) in [7, 11) is 0. The number of nitrogens with two attached hydrogens (primary N) is 1. The number of rotatable bonds is 4. The lowest BCUT2D eigenvalue weighted by atomic mass is 10.1. The van der Waals surface area contributed by atoms with E-state index in [0.717, 1.165) is 5.69 Å². The molecule has 0 bridgehead atoms. The molecule has 1 aliphatic rings. The molecule has 1 fully saturated rings. The minimum Gasteiger partial charge on any atom is -0.369 e. The van der Waals surface area contributed by atoms with Crippen LogP contribution >= 0.6 is 0 Å². The number of carbonyl (C=O) groups excluding carboxylic acids is 2. The Morgan fingerprint density at radius 2 is 1.78 bits per heavy atom. The molecule has 2 N–H and O–H groups in total. The molecule has 1 aromatic carbocycles. The van der Waals surface area contributed by atoms with Crippen LogP contribution in [0.3, 0.4) is 0 Å². The van der Waals surface area contributed by atoms with Gasteiger partial charge in [0.25, 0.3) is 5.91 Å². The smallest absolute Gasteiger partial charge is 0.253 e.